The normalized spacial score (nSPS) is 23.1. The fraction of sp³-hybridized carbons (Fsp3) is 0.609. The first-order valence-electron chi connectivity index (χ1n) is 10.8. The molecular formula is C23H34N4O. The van der Waals surface area contributed by atoms with E-state index >= 15 is 0 Å². The van der Waals surface area contributed by atoms with Gasteiger partial charge in [-0.25, -0.2) is 0 Å². The van der Waals surface area contributed by atoms with E-state index in [1.54, 1.807) is 7.11 Å². The van der Waals surface area contributed by atoms with Gasteiger partial charge in [-0.1, -0.05) is 19.1 Å². The summed E-state index contributed by atoms with van der Waals surface area (Å²) in [7, 11) is 1.73. The van der Waals surface area contributed by atoms with E-state index in [9.17, 15) is 0 Å². The van der Waals surface area contributed by atoms with Crippen molar-refractivity contribution in [2.75, 3.05) is 26.7 Å². The van der Waals surface area contributed by atoms with Gasteiger partial charge in [0.1, 0.15) is 5.75 Å². The van der Waals surface area contributed by atoms with Crippen molar-refractivity contribution in [1.29, 1.82) is 0 Å². The summed E-state index contributed by atoms with van der Waals surface area (Å²) >= 11 is 0. The molecule has 152 valence electrons. The van der Waals surface area contributed by atoms with Gasteiger partial charge >= 0.3 is 0 Å². The first-order valence-corrected chi connectivity index (χ1v) is 10.8. The number of hydrogen-bond donors (Lipinski definition) is 0. The molecule has 0 saturated carbocycles. The van der Waals surface area contributed by atoms with Gasteiger partial charge in [-0.3, -0.25) is 14.5 Å². The van der Waals surface area contributed by atoms with Crippen LogP contribution in [0, 0.1) is 12.8 Å². The zero-order valence-electron chi connectivity index (χ0n) is 17.6. The summed E-state index contributed by atoms with van der Waals surface area (Å²) in [6, 6.07) is 9.21. The Labute approximate surface area is 169 Å². The molecular weight excluding hydrogens is 348 g/mol. The minimum atomic E-state index is 0.658. The maximum absolute atomic E-state index is 5.29. The lowest BCUT2D eigenvalue weighted by Crippen LogP contribution is -2.43. The molecule has 2 aromatic rings. The van der Waals surface area contributed by atoms with E-state index in [1.807, 2.05) is 0 Å². The highest BCUT2D eigenvalue weighted by Gasteiger charge is 2.35. The van der Waals surface area contributed by atoms with Gasteiger partial charge in [-0.05, 0) is 49.8 Å². The molecule has 3 saturated heterocycles. The van der Waals surface area contributed by atoms with Gasteiger partial charge in [0, 0.05) is 56.6 Å². The Morgan fingerprint density at radius 1 is 1.07 bits per heavy atom. The predicted octanol–water partition coefficient (Wildman–Crippen LogP) is 3.71. The van der Waals surface area contributed by atoms with Gasteiger partial charge in [-0.2, -0.15) is 5.10 Å². The second-order valence-electron chi connectivity index (χ2n) is 8.55. The molecule has 3 fully saturated rings. The van der Waals surface area contributed by atoms with Crippen LogP contribution in [0.15, 0.2) is 30.5 Å². The zero-order valence-corrected chi connectivity index (χ0v) is 17.6. The molecule has 2 bridgehead atoms. The molecule has 3 aliphatic rings. The van der Waals surface area contributed by atoms with Crippen LogP contribution in [0.25, 0.3) is 0 Å². The lowest BCUT2D eigenvalue weighted by Gasteiger charge is -2.36. The Bertz CT molecular complexity index is 769. The molecule has 4 heterocycles. The maximum Gasteiger partial charge on any atom is 0.118 e. The summed E-state index contributed by atoms with van der Waals surface area (Å²) in [4.78, 5) is 5.39. The van der Waals surface area contributed by atoms with Crippen LogP contribution in [0.4, 0.5) is 0 Å². The van der Waals surface area contributed by atoms with E-state index < -0.39 is 0 Å². The first kappa shape index (κ1) is 19.5. The van der Waals surface area contributed by atoms with Gasteiger partial charge in [-0.15, -0.1) is 0 Å². The Balaban J connectivity index is 1.41. The lowest BCUT2D eigenvalue weighted by atomic mass is 9.94. The number of piperidine rings is 1. The Kier molecular flexibility index (Phi) is 6.02. The van der Waals surface area contributed by atoms with Crippen LogP contribution in [0.2, 0.25) is 0 Å². The first-order chi connectivity index (χ1) is 13.7. The fourth-order valence-electron chi connectivity index (χ4n) is 4.88. The lowest BCUT2D eigenvalue weighted by molar-refractivity contribution is 0.123. The number of aromatic nitrogens is 2. The Morgan fingerprint density at radius 2 is 1.89 bits per heavy atom. The van der Waals surface area contributed by atoms with Crippen molar-refractivity contribution in [2.24, 2.45) is 5.92 Å². The number of fused-ring (bicyclic) bond motifs is 4. The average molecular weight is 383 g/mol. The van der Waals surface area contributed by atoms with Gasteiger partial charge < -0.3 is 4.74 Å². The second-order valence-corrected chi connectivity index (χ2v) is 8.55. The van der Waals surface area contributed by atoms with E-state index in [0.717, 1.165) is 37.7 Å². The van der Waals surface area contributed by atoms with Crippen molar-refractivity contribution < 1.29 is 4.74 Å². The second kappa shape index (κ2) is 8.66. The van der Waals surface area contributed by atoms with E-state index in [2.05, 4.69) is 63.9 Å². The molecule has 0 radical (unpaired) electrons. The molecule has 1 aromatic heterocycles. The molecule has 1 aromatic carbocycles. The molecule has 0 amide bonds. The highest BCUT2D eigenvalue weighted by Crippen LogP contribution is 2.30. The molecule has 0 aliphatic carbocycles. The third-order valence-corrected chi connectivity index (χ3v) is 6.48. The number of rotatable bonds is 7. The molecule has 5 heteroatoms. The van der Waals surface area contributed by atoms with Crippen molar-refractivity contribution in [3.05, 3.63) is 47.3 Å². The quantitative estimate of drug-likeness (QED) is 0.731. The van der Waals surface area contributed by atoms with Crippen molar-refractivity contribution in [3.8, 4) is 5.75 Å². The van der Waals surface area contributed by atoms with Crippen LogP contribution in [0.5, 0.6) is 5.75 Å². The summed E-state index contributed by atoms with van der Waals surface area (Å²) in [5, 5.41) is 4.61. The number of benzene rings is 1. The molecule has 0 N–H and O–H groups in total. The fourth-order valence-corrected chi connectivity index (χ4v) is 4.88. The number of nitrogens with zero attached hydrogens (tertiary/aromatic N) is 4. The predicted molar refractivity (Wildman–Crippen MR) is 112 cm³/mol. The van der Waals surface area contributed by atoms with Gasteiger partial charge in [0.25, 0.3) is 0 Å². The molecule has 2 unspecified atom stereocenters. The standard InChI is InChI=1S/C23H34N4O/c1-4-11-27-18(2)21(12-24-27)16-26-15-20-5-8-22(26)17-25(14-20)13-19-6-9-23(28-3)10-7-19/h6-7,9-10,12,20,22H,4-5,8,11,13-17H2,1-3H3. The van der Waals surface area contributed by atoms with Crippen LogP contribution in [0.3, 0.4) is 0 Å². The Hall–Kier alpha value is -1.85. The molecule has 5 rings (SSSR count). The summed E-state index contributed by atoms with van der Waals surface area (Å²) in [5.74, 6) is 1.72. The molecule has 5 nitrogen and oxygen atoms in total. The minimum Gasteiger partial charge on any atom is -0.497 e. The zero-order chi connectivity index (χ0) is 19.5. The van der Waals surface area contributed by atoms with Crippen LogP contribution < -0.4 is 4.74 Å². The van der Waals surface area contributed by atoms with Gasteiger partial charge in [0.15, 0.2) is 0 Å². The summed E-state index contributed by atoms with van der Waals surface area (Å²) in [6.45, 7) is 11.2. The van der Waals surface area contributed by atoms with E-state index in [0.29, 0.717) is 6.04 Å². The molecule has 28 heavy (non-hydrogen) atoms. The van der Waals surface area contributed by atoms with Gasteiger partial charge in [0.05, 0.1) is 13.3 Å². The number of ether oxygens (including phenoxy) is 1. The van der Waals surface area contributed by atoms with Gasteiger partial charge in [0.2, 0.25) is 0 Å². The van der Waals surface area contributed by atoms with Crippen LogP contribution >= 0.6 is 0 Å². The third-order valence-electron chi connectivity index (χ3n) is 6.48. The molecule has 0 spiro atoms. The minimum absolute atomic E-state index is 0.658. The number of aryl methyl sites for hydroxylation is 1. The van der Waals surface area contributed by atoms with E-state index in [4.69, 9.17) is 4.74 Å². The monoisotopic (exact) mass is 382 g/mol. The Morgan fingerprint density at radius 3 is 2.64 bits per heavy atom. The summed E-state index contributed by atoms with van der Waals surface area (Å²) in [5.41, 5.74) is 4.13. The average Bonchev–Trinajstić information content (AvgIpc) is 2.86. The highest BCUT2D eigenvalue weighted by molar-refractivity contribution is 5.27. The largest absolute Gasteiger partial charge is 0.497 e. The van der Waals surface area contributed by atoms with Crippen molar-refractivity contribution in [1.82, 2.24) is 19.6 Å². The van der Waals surface area contributed by atoms with Crippen molar-refractivity contribution >= 4 is 0 Å². The van der Waals surface area contributed by atoms with E-state index in [-0.39, 0.29) is 0 Å². The SMILES string of the molecule is CCCn1ncc(CN2CC3CCC2CN(Cc2ccc(OC)cc2)C3)c1C. The van der Waals surface area contributed by atoms with Crippen LogP contribution in [0.1, 0.15) is 43.0 Å². The third kappa shape index (κ3) is 4.26. The summed E-state index contributed by atoms with van der Waals surface area (Å²) in [6.07, 6.45) is 5.93. The smallest absolute Gasteiger partial charge is 0.118 e. The number of methoxy groups -OCH3 is 1. The van der Waals surface area contributed by atoms with Crippen molar-refractivity contribution in [3.63, 3.8) is 0 Å². The highest BCUT2D eigenvalue weighted by atomic mass is 16.5. The van der Waals surface area contributed by atoms with Crippen molar-refractivity contribution in [2.45, 2.75) is 58.8 Å². The van der Waals surface area contributed by atoms with E-state index in [1.165, 1.54) is 49.3 Å². The topological polar surface area (TPSA) is 33.5 Å². The van der Waals surface area contributed by atoms with Crippen LogP contribution in [-0.4, -0.2) is 52.4 Å². The summed E-state index contributed by atoms with van der Waals surface area (Å²) < 4.78 is 7.46. The molecule has 2 atom stereocenters. The molecule has 3 aliphatic heterocycles. The maximum atomic E-state index is 5.29. The van der Waals surface area contributed by atoms with Crippen LogP contribution in [-0.2, 0) is 19.6 Å². The number of hydrogen-bond acceptors (Lipinski definition) is 4.